The summed E-state index contributed by atoms with van der Waals surface area (Å²) < 4.78 is 5.99. The third kappa shape index (κ3) is 1.81. The third-order valence-electron chi connectivity index (χ3n) is 3.39. The summed E-state index contributed by atoms with van der Waals surface area (Å²) in [5.74, 6) is 0. The van der Waals surface area contributed by atoms with Crippen LogP contribution >= 0.6 is 0 Å². The van der Waals surface area contributed by atoms with E-state index in [1.54, 1.807) is 0 Å². The number of hydrogen-bond acceptors (Lipinski definition) is 2. The van der Waals surface area contributed by atoms with Crippen LogP contribution in [0, 0.1) is 0 Å². The molecule has 1 aliphatic rings. The van der Waals surface area contributed by atoms with Crippen molar-refractivity contribution in [2.75, 3.05) is 6.61 Å². The summed E-state index contributed by atoms with van der Waals surface area (Å²) in [7, 11) is -2.49. The van der Waals surface area contributed by atoms with Gasteiger partial charge in [0.1, 0.15) is 0 Å². The largest absolute Gasteiger partial charge is 0.415 e. The van der Waals surface area contributed by atoms with Crippen molar-refractivity contribution in [3.8, 4) is 0 Å². The van der Waals surface area contributed by atoms with E-state index >= 15 is 0 Å². The zero-order valence-electron chi connectivity index (χ0n) is 8.55. The summed E-state index contributed by atoms with van der Waals surface area (Å²) in [6.07, 6.45) is 1.22. The van der Waals surface area contributed by atoms with Gasteiger partial charge >= 0.3 is 0 Å². The van der Waals surface area contributed by atoms with Crippen LogP contribution in [0.5, 0.6) is 0 Å². The van der Waals surface area contributed by atoms with Gasteiger partial charge in [-0.1, -0.05) is 19.1 Å². The van der Waals surface area contributed by atoms with E-state index in [4.69, 9.17) is 9.53 Å². The Kier molecular flexibility index (Phi) is 2.83. The number of aliphatic hydroxyl groups is 1. The summed E-state index contributed by atoms with van der Waals surface area (Å²) in [6, 6.07) is 1.33. The smallest absolute Gasteiger partial charge is 0.174 e. The van der Waals surface area contributed by atoms with Crippen LogP contribution in [0.3, 0.4) is 0 Å². The van der Waals surface area contributed by atoms with Gasteiger partial charge in [0.05, 0.1) is 20.3 Å². The summed E-state index contributed by atoms with van der Waals surface area (Å²) >= 11 is 0. The van der Waals surface area contributed by atoms with E-state index in [1.165, 1.54) is 6.04 Å². The molecule has 0 aromatic rings. The van der Waals surface area contributed by atoms with Gasteiger partial charge in [0, 0.05) is 0 Å². The van der Waals surface area contributed by atoms with E-state index in [2.05, 4.69) is 26.2 Å². The van der Waals surface area contributed by atoms with E-state index in [0.29, 0.717) is 0 Å². The van der Waals surface area contributed by atoms with Crippen molar-refractivity contribution in [2.24, 2.45) is 0 Å². The lowest BCUT2D eigenvalue weighted by Crippen LogP contribution is -2.62. The van der Waals surface area contributed by atoms with Gasteiger partial charge in [-0.3, -0.25) is 0 Å². The van der Waals surface area contributed by atoms with E-state index in [9.17, 15) is 0 Å². The molecule has 4 heteroatoms. The Balaban J connectivity index is 2.68. The molecule has 1 heterocycles. The van der Waals surface area contributed by atoms with Crippen molar-refractivity contribution in [1.82, 2.24) is 0 Å². The quantitative estimate of drug-likeness (QED) is 0.660. The average molecular weight is 204 g/mol. The predicted molar refractivity (Wildman–Crippen MR) is 56.3 cm³/mol. The van der Waals surface area contributed by atoms with Crippen LogP contribution in [-0.2, 0) is 4.43 Å². The maximum Gasteiger partial charge on any atom is 0.174 e. The number of hydrogen-bond donors (Lipinski definition) is 1. The first-order valence-electron chi connectivity index (χ1n) is 4.68. The van der Waals surface area contributed by atoms with E-state index in [-0.39, 0.29) is 12.7 Å². The van der Waals surface area contributed by atoms with Gasteiger partial charge in [0.25, 0.3) is 0 Å². The van der Waals surface area contributed by atoms with Crippen molar-refractivity contribution < 1.29 is 9.53 Å². The predicted octanol–water partition coefficient (Wildman–Crippen LogP) is 1.76. The zero-order chi connectivity index (χ0) is 9.41. The van der Waals surface area contributed by atoms with E-state index in [1.807, 2.05) is 0 Å². The lowest BCUT2D eigenvalue weighted by atomic mass is 10.3. The first kappa shape index (κ1) is 10.4. The van der Waals surface area contributed by atoms with Gasteiger partial charge in [-0.25, -0.2) is 0 Å². The van der Waals surface area contributed by atoms with Gasteiger partial charge in [-0.15, -0.1) is 0 Å². The van der Waals surface area contributed by atoms with Crippen LogP contribution < -0.4 is 0 Å². The van der Waals surface area contributed by atoms with Crippen molar-refractivity contribution in [3.63, 3.8) is 0 Å². The molecule has 1 saturated heterocycles. The molecule has 0 aromatic heterocycles. The van der Waals surface area contributed by atoms with Gasteiger partial charge < -0.3 is 9.53 Å². The lowest BCUT2D eigenvalue weighted by molar-refractivity contribution is 0.104. The maximum atomic E-state index is 9.01. The Morgan fingerprint density at radius 3 is 2.33 bits per heavy atom. The van der Waals surface area contributed by atoms with E-state index in [0.717, 1.165) is 6.42 Å². The standard InChI is InChI=1S/C8H20O2Si2/c1-11(2)6-5-8(7-9)10-12(11,3)4/h8-9H,5-7H2,1-4H3. The molecule has 0 radical (unpaired) electrons. The molecule has 0 bridgehead atoms. The van der Waals surface area contributed by atoms with E-state index < -0.39 is 15.4 Å². The van der Waals surface area contributed by atoms with Crippen molar-refractivity contribution >= 4 is 15.4 Å². The fourth-order valence-electron chi connectivity index (χ4n) is 1.59. The highest BCUT2D eigenvalue weighted by atomic mass is 29.3. The molecule has 12 heavy (non-hydrogen) atoms. The van der Waals surface area contributed by atoms with Crippen LogP contribution in [0.2, 0.25) is 32.2 Å². The Morgan fingerprint density at radius 1 is 1.33 bits per heavy atom. The zero-order valence-corrected chi connectivity index (χ0v) is 10.6. The second-order valence-corrected chi connectivity index (χ2v) is 20.1. The lowest BCUT2D eigenvalue weighted by Gasteiger charge is -2.45. The van der Waals surface area contributed by atoms with Gasteiger partial charge in [-0.05, 0) is 19.5 Å². The molecule has 1 N–H and O–H groups in total. The topological polar surface area (TPSA) is 29.5 Å². The molecule has 1 rings (SSSR count). The SMILES string of the molecule is C[Si]1(C)CCC(CO)O[Si]1(C)C. The monoisotopic (exact) mass is 204 g/mol. The maximum absolute atomic E-state index is 9.01. The third-order valence-corrected chi connectivity index (χ3v) is 20.0. The van der Waals surface area contributed by atoms with Gasteiger partial charge in [0.2, 0.25) is 0 Å². The molecule has 1 atom stereocenters. The molecule has 0 saturated carbocycles. The highest BCUT2D eigenvalue weighted by Crippen LogP contribution is 2.32. The fraction of sp³-hybridized carbons (Fsp3) is 1.00. The Hall–Kier alpha value is 0.354. The Morgan fingerprint density at radius 2 is 1.92 bits per heavy atom. The van der Waals surface area contributed by atoms with Gasteiger partial charge in [-0.2, -0.15) is 0 Å². The average Bonchev–Trinajstić information content (AvgIpc) is 1.95. The van der Waals surface area contributed by atoms with Crippen molar-refractivity contribution in [2.45, 2.75) is 44.8 Å². The molecule has 0 aromatic carbocycles. The molecule has 0 amide bonds. The van der Waals surface area contributed by atoms with Crippen LogP contribution in [-0.4, -0.2) is 33.2 Å². The molecular weight excluding hydrogens is 184 g/mol. The molecule has 0 spiro atoms. The highest BCUT2D eigenvalue weighted by Gasteiger charge is 2.47. The molecular formula is C8H20O2Si2. The summed E-state index contributed by atoms with van der Waals surface area (Å²) in [5.41, 5.74) is 0. The molecule has 0 aliphatic carbocycles. The molecule has 72 valence electrons. The second kappa shape index (κ2) is 3.25. The van der Waals surface area contributed by atoms with Crippen LogP contribution in [0.4, 0.5) is 0 Å². The first-order chi connectivity index (χ1) is 5.39. The second-order valence-electron chi connectivity index (χ2n) is 4.86. The highest BCUT2D eigenvalue weighted by molar-refractivity contribution is 7.38. The molecule has 2 nitrogen and oxygen atoms in total. The molecule has 1 unspecified atom stereocenters. The minimum atomic E-state index is -1.42. The van der Waals surface area contributed by atoms with Crippen LogP contribution in [0.25, 0.3) is 0 Å². The normalized spacial score (nSPS) is 33.2. The van der Waals surface area contributed by atoms with Crippen molar-refractivity contribution in [3.05, 3.63) is 0 Å². The Labute approximate surface area is 76.9 Å². The molecule has 1 fully saturated rings. The summed E-state index contributed by atoms with van der Waals surface area (Å²) in [6.45, 7) is 9.67. The van der Waals surface area contributed by atoms with Crippen molar-refractivity contribution in [1.29, 1.82) is 0 Å². The fourth-order valence-corrected chi connectivity index (χ4v) is 8.27. The number of rotatable bonds is 1. The van der Waals surface area contributed by atoms with Crippen LogP contribution in [0.15, 0.2) is 0 Å². The Bertz CT molecular complexity index is 168. The van der Waals surface area contributed by atoms with Crippen LogP contribution in [0.1, 0.15) is 6.42 Å². The minimum Gasteiger partial charge on any atom is -0.415 e. The number of aliphatic hydroxyl groups excluding tert-OH is 1. The molecule has 1 aliphatic heterocycles. The summed E-state index contributed by atoms with van der Waals surface area (Å²) in [4.78, 5) is 0. The first-order valence-corrected chi connectivity index (χ1v) is 11.8. The summed E-state index contributed by atoms with van der Waals surface area (Å²) in [5, 5.41) is 9.01. The minimum absolute atomic E-state index is 0.146. The van der Waals surface area contributed by atoms with Gasteiger partial charge in [0.15, 0.2) is 7.83 Å².